The first kappa shape index (κ1) is 18.5. The molecule has 1 atom stereocenters. The van der Waals surface area contributed by atoms with Gasteiger partial charge in [-0.05, 0) is 48.6 Å². The topological polar surface area (TPSA) is 62.8 Å². The van der Waals surface area contributed by atoms with Crippen molar-refractivity contribution in [1.29, 1.82) is 0 Å². The second-order valence-electron chi connectivity index (χ2n) is 7.70. The number of carbonyl (C=O) groups excluding carboxylic acids is 1. The van der Waals surface area contributed by atoms with E-state index < -0.39 is 0 Å². The van der Waals surface area contributed by atoms with E-state index in [1.807, 2.05) is 17.0 Å². The fourth-order valence-electron chi connectivity index (χ4n) is 3.66. The Morgan fingerprint density at radius 2 is 1.82 bits per heavy atom. The monoisotopic (exact) mass is 381 g/mol. The third kappa shape index (κ3) is 4.16. The first-order valence-electron chi connectivity index (χ1n) is 9.90. The Morgan fingerprint density at radius 3 is 2.61 bits per heavy atom. The summed E-state index contributed by atoms with van der Waals surface area (Å²) in [6.07, 6.45) is 2.04. The minimum absolute atomic E-state index is 0.0829. The smallest absolute Gasteiger partial charge is 0.321 e. The number of urea groups is 1. The van der Waals surface area contributed by atoms with E-state index in [0.717, 1.165) is 25.1 Å². The van der Waals surface area contributed by atoms with Gasteiger partial charge in [0.15, 0.2) is 11.5 Å². The average Bonchev–Trinajstić information content (AvgIpc) is 3.16. The average molecular weight is 381 g/mol. The maximum absolute atomic E-state index is 12.7. The Kier molecular flexibility index (Phi) is 5.28. The molecule has 2 aliphatic rings. The van der Waals surface area contributed by atoms with Crippen LogP contribution in [-0.2, 0) is 0 Å². The van der Waals surface area contributed by atoms with Crippen molar-refractivity contribution in [3.63, 3.8) is 0 Å². The third-order valence-electron chi connectivity index (χ3n) is 5.28. The summed E-state index contributed by atoms with van der Waals surface area (Å²) in [6, 6.07) is 14.2. The van der Waals surface area contributed by atoms with Crippen molar-refractivity contribution in [2.24, 2.45) is 0 Å². The van der Waals surface area contributed by atoms with Gasteiger partial charge in [-0.1, -0.05) is 26.0 Å². The van der Waals surface area contributed by atoms with E-state index in [4.69, 9.17) is 9.47 Å². The lowest BCUT2D eigenvalue weighted by molar-refractivity contribution is 0.174. The Hall–Kier alpha value is -2.89. The number of rotatable bonds is 4. The Balaban J connectivity index is 1.34. The molecular formula is C22H27N3O3. The van der Waals surface area contributed by atoms with Crippen molar-refractivity contribution >= 4 is 17.4 Å². The third-order valence-corrected chi connectivity index (χ3v) is 5.28. The molecule has 2 N–H and O–H groups in total. The van der Waals surface area contributed by atoms with E-state index in [9.17, 15) is 4.79 Å². The predicted octanol–water partition coefficient (Wildman–Crippen LogP) is 4.65. The van der Waals surface area contributed by atoms with Crippen molar-refractivity contribution in [1.82, 2.24) is 4.90 Å². The van der Waals surface area contributed by atoms with Crippen LogP contribution in [0.4, 0.5) is 16.2 Å². The maximum Gasteiger partial charge on any atom is 0.321 e. The van der Waals surface area contributed by atoms with E-state index in [-0.39, 0.29) is 18.9 Å². The Morgan fingerprint density at radius 1 is 1.07 bits per heavy atom. The standard InChI is InChI=1S/C22H27N3O3/c1-15(2)16-5-7-17(8-6-16)23-19-4-3-11-25(13-19)22(26)24-18-9-10-20-21(12-18)28-14-27-20/h5-10,12,15,19,23H,3-4,11,13-14H2,1-2H3,(H,24,26)/t19-/m1/s1. The van der Waals surface area contributed by atoms with Crippen LogP contribution in [0.1, 0.15) is 38.2 Å². The van der Waals surface area contributed by atoms with Gasteiger partial charge in [0.1, 0.15) is 0 Å². The molecule has 2 aromatic carbocycles. The molecule has 0 aliphatic carbocycles. The highest BCUT2D eigenvalue weighted by atomic mass is 16.7. The number of amides is 2. The zero-order chi connectivity index (χ0) is 19.5. The van der Waals surface area contributed by atoms with Crippen molar-refractivity contribution in [2.45, 2.75) is 38.6 Å². The Bertz CT molecular complexity index is 835. The molecule has 1 saturated heterocycles. The molecule has 0 aromatic heterocycles. The van der Waals surface area contributed by atoms with Crippen LogP contribution in [0.3, 0.4) is 0 Å². The van der Waals surface area contributed by atoms with Crippen molar-refractivity contribution < 1.29 is 14.3 Å². The number of hydrogen-bond donors (Lipinski definition) is 2. The SMILES string of the molecule is CC(C)c1ccc(N[C@@H]2CCCN(C(=O)Nc3ccc4c(c3)OCO4)C2)cc1. The van der Waals surface area contributed by atoms with Crippen LogP contribution in [0.2, 0.25) is 0 Å². The van der Waals surface area contributed by atoms with Gasteiger partial charge in [0, 0.05) is 36.6 Å². The molecule has 0 bridgehead atoms. The number of nitrogens with one attached hydrogen (secondary N) is 2. The van der Waals surface area contributed by atoms with Gasteiger partial charge in [-0.15, -0.1) is 0 Å². The van der Waals surface area contributed by atoms with Crippen LogP contribution >= 0.6 is 0 Å². The van der Waals surface area contributed by atoms with Gasteiger partial charge < -0.3 is 25.0 Å². The summed E-state index contributed by atoms with van der Waals surface area (Å²) < 4.78 is 10.7. The molecule has 2 heterocycles. The number of ether oxygens (including phenoxy) is 2. The second-order valence-corrected chi connectivity index (χ2v) is 7.70. The van der Waals surface area contributed by atoms with Gasteiger partial charge in [0.25, 0.3) is 0 Å². The molecule has 4 rings (SSSR count). The van der Waals surface area contributed by atoms with Gasteiger partial charge in [-0.3, -0.25) is 0 Å². The summed E-state index contributed by atoms with van der Waals surface area (Å²) in [5, 5.41) is 6.54. The normalized spacial score (nSPS) is 18.2. The van der Waals surface area contributed by atoms with Gasteiger partial charge >= 0.3 is 6.03 Å². The minimum Gasteiger partial charge on any atom is -0.454 e. The van der Waals surface area contributed by atoms with Crippen LogP contribution < -0.4 is 20.1 Å². The molecule has 0 spiro atoms. The molecule has 2 amide bonds. The number of piperidine rings is 1. The van der Waals surface area contributed by atoms with E-state index >= 15 is 0 Å². The number of hydrogen-bond acceptors (Lipinski definition) is 4. The fourth-order valence-corrected chi connectivity index (χ4v) is 3.66. The summed E-state index contributed by atoms with van der Waals surface area (Å²) in [5.41, 5.74) is 3.15. The molecule has 1 fully saturated rings. The van der Waals surface area contributed by atoms with E-state index in [1.165, 1.54) is 5.56 Å². The number of fused-ring (bicyclic) bond motifs is 1. The summed E-state index contributed by atoms with van der Waals surface area (Å²) in [7, 11) is 0. The highest BCUT2D eigenvalue weighted by Crippen LogP contribution is 2.34. The minimum atomic E-state index is -0.0829. The molecule has 6 heteroatoms. The van der Waals surface area contributed by atoms with Gasteiger partial charge in [0.2, 0.25) is 6.79 Å². The summed E-state index contributed by atoms with van der Waals surface area (Å²) in [5.74, 6) is 1.91. The molecule has 148 valence electrons. The van der Waals surface area contributed by atoms with Crippen molar-refractivity contribution in [3.05, 3.63) is 48.0 Å². The number of anilines is 2. The highest BCUT2D eigenvalue weighted by molar-refractivity contribution is 5.90. The highest BCUT2D eigenvalue weighted by Gasteiger charge is 2.24. The number of benzene rings is 2. The molecular weight excluding hydrogens is 354 g/mol. The lowest BCUT2D eigenvalue weighted by Crippen LogP contribution is -2.46. The number of likely N-dealkylation sites (tertiary alicyclic amines) is 1. The second kappa shape index (κ2) is 8.00. The summed E-state index contributed by atoms with van der Waals surface area (Å²) in [4.78, 5) is 14.6. The summed E-state index contributed by atoms with van der Waals surface area (Å²) in [6.45, 7) is 6.06. The van der Waals surface area contributed by atoms with Gasteiger partial charge in [-0.2, -0.15) is 0 Å². The quantitative estimate of drug-likeness (QED) is 0.809. The van der Waals surface area contributed by atoms with Crippen LogP contribution in [0.25, 0.3) is 0 Å². The van der Waals surface area contributed by atoms with Crippen LogP contribution in [0.5, 0.6) is 11.5 Å². The van der Waals surface area contributed by atoms with Crippen LogP contribution in [0.15, 0.2) is 42.5 Å². The van der Waals surface area contributed by atoms with Crippen LogP contribution in [-0.4, -0.2) is 36.9 Å². The molecule has 6 nitrogen and oxygen atoms in total. The molecule has 0 unspecified atom stereocenters. The maximum atomic E-state index is 12.7. The van der Waals surface area contributed by atoms with Crippen LogP contribution in [0, 0.1) is 0 Å². The van der Waals surface area contributed by atoms with E-state index in [0.29, 0.717) is 29.6 Å². The number of nitrogens with zero attached hydrogens (tertiary/aromatic N) is 1. The first-order chi connectivity index (χ1) is 13.6. The molecule has 28 heavy (non-hydrogen) atoms. The van der Waals surface area contributed by atoms with Crippen molar-refractivity contribution in [3.8, 4) is 11.5 Å². The Labute approximate surface area is 165 Å². The zero-order valence-corrected chi connectivity index (χ0v) is 16.4. The van der Waals surface area contributed by atoms with E-state index in [2.05, 4.69) is 48.7 Å². The molecule has 0 saturated carbocycles. The van der Waals surface area contributed by atoms with E-state index in [1.54, 1.807) is 6.07 Å². The predicted molar refractivity (Wildman–Crippen MR) is 110 cm³/mol. The fraction of sp³-hybridized carbons (Fsp3) is 0.409. The largest absolute Gasteiger partial charge is 0.454 e. The summed E-state index contributed by atoms with van der Waals surface area (Å²) >= 11 is 0. The van der Waals surface area contributed by atoms with Gasteiger partial charge in [0.05, 0.1) is 0 Å². The lowest BCUT2D eigenvalue weighted by Gasteiger charge is -2.33. The number of carbonyl (C=O) groups is 1. The lowest BCUT2D eigenvalue weighted by atomic mass is 10.0. The zero-order valence-electron chi connectivity index (χ0n) is 16.4. The molecule has 2 aliphatic heterocycles. The van der Waals surface area contributed by atoms with Gasteiger partial charge in [-0.25, -0.2) is 4.79 Å². The van der Waals surface area contributed by atoms with Crippen molar-refractivity contribution in [2.75, 3.05) is 30.5 Å². The first-order valence-corrected chi connectivity index (χ1v) is 9.90. The molecule has 2 aromatic rings. The molecule has 0 radical (unpaired) electrons.